The molecular weight excluding hydrogens is 336 g/mol. The molecule has 0 radical (unpaired) electrons. The highest BCUT2D eigenvalue weighted by Crippen LogP contribution is 2.41. The van der Waals surface area contributed by atoms with Gasteiger partial charge in [0.2, 0.25) is 11.7 Å². The maximum absolute atomic E-state index is 11.6. The first-order chi connectivity index (χ1) is 12.6. The third-order valence-electron chi connectivity index (χ3n) is 4.74. The summed E-state index contributed by atoms with van der Waals surface area (Å²) in [7, 11) is 4.73. The summed E-state index contributed by atoms with van der Waals surface area (Å²) in [5, 5.41) is 7.22. The highest BCUT2D eigenvalue weighted by atomic mass is 16.5. The second-order valence-electron chi connectivity index (χ2n) is 6.22. The molecule has 1 amide bonds. The fraction of sp³-hybridized carbons (Fsp3) is 0.444. The number of hydrogen-bond acceptors (Lipinski definition) is 6. The molecule has 1 aromatic heterocycles. The molecule has 0 unspecified atom stereocenters. The number of amides is 1. The van der Waals surface area contributed by atoms with Crippen molar-refractivity contribution >= 4 is 5.91 Å². The highest BCUT2D eigenvalue weighted by molar-refractivity contribution is 5.80. The number of rotatable bonds is 7. The maximum atomic E-state index is 11.6. The van der Waals surface area contributed by atoms with Gasteiger partial charge in [0, 0.05) is 17.7 Å². The molecule has 0 saturated carbocycles. The average Bonchev–Trinajstić information content (AvgIpc) is 3.30. The molecule has 1 atom stereocenters. The van der Waals surface area contributed by atoms with Crippen molar-refractivity contribution in [2.24, 2.45) is 5.73 Å². The monoisotopic (exact) mass is 360 g/mol. The molecule has 2 aromatic rings. The first-order valence-electron chi connectivity index (χ1n) is 8.45. The van der Waals surface area contributed by atoms with E-state index in [-0.39, 0.29) is 11.9 Å². The Morgan fingerprint density at radius 1 is 1.27 bits per heavy atom. The average molecular weight is 360 g/mol. The number of likely N-dealkylation sites (tertiary alicyclic amines) is 1. The van der Waals surface area contributed by atoms with Crippen LogP contribution in [-0.2, 0) is 11.3 Å². The van der Waals surface area contributed by atoms with Crippen LogP contribution in [0.25, 0.3) is 11.3 Å². The molecule has 3 rings (SSSR count). The van der Waals surface area contributed by atoms with Gasteiger partial charge in [0.1, 0.15) is 0 Å². The van der Waals surface area contributed by atoms with Crippen LogP contribution in [0.15, 0.2) is 18.3 Å². The first kappa shape index (κ1) is 18.1. The lowest BCUT2D eigenvalue weighted by atomic mass is 10.1. The molecule has 1 fully saturated rings. The molecule has 8 nitrogen and oxygen atoms in total. The number of H-pyrrole nitrogens is 1. The molecule has 8 heteroatoms. The van der Waals surface area contributed by atoms with Crippen molar-refractivity contribution in [3.05, 3.63) is 23.9 Å². The molecule has 1 aliphatic heterocycles. The normalized spacial score (nSPS) is 17.3. The molecule has 0 spiro atoms. The second-order valence-corrected chi connectivity index (χ2v) is 6.22. The van der Waals surface area contributed by atoms with Gasteiger partial charge in [0.15, 0.2) is 11.5 Å². The van der Waals surface area contributed by atoms with E-state index >= 15 is 0 Å². The van der Waals surface area contributed by atoms with Crippen molar-refractivity contribution in [2.45, 2.75) is 25.4 Å². The highest BCUT2D eigenvalue weighted by Gasteiger charge is 2.30. The third kappa shape index (κ3) is 3.32. The predicted octanol–water partition coefficient (Wildman–Crippen LogP) is 1.55. The number of ether oxygens (including phenoxy) is 3. The van der Waals surface area contributed by atoms with E-state index in [1.807, 2.05) is 12.1 Å². The lowest BCUT2D eigenvalue weighted by Crippen LogP contribution is -2.39. The Morgan fingerprint density at radius 2 is 1.96 bits per heavy atom. The Kier molecular flexibility index (Phi) is 5.32. The number of nitrogens with zero attached hydrogens (tertiary/aromatic N) is 2. The zero-order valence-corrected chi connectivity index (χ0v) is 15.2. The van der Waals surface area contributed by atoms with Crippen LogP contribution in [0.2, 0.25) is 0 Å². The summed E-state index contributed by atoms with van der Waals surface area (Å²) in [5.74, 6) is 1.39. The summed E-state index contributed by atoms with van der Waals surface area (Å²) >= 11 is 0. The van der Waals surface area contributed by atoms with Gasteiger partial charge in [-0.1, -0.05) is 0 Å². The van der Waals surface area contributed by atoms with Crippen LogP contribution in [0.5, 0.6) is 17.2 Å². The Hall–Kier alpha value is -2.74. The molecule has 1 aliphatic rings. The van der Waals surface area contributed by atoms with Crippen LogP contribution < -0.4 is 19.9 Å². The topological polar surface area (TPSA) is 103 Å². The smallest absolute Gasteiger partial charge is 0.234 e. The van der Waals surface area contributed by atoms with E-state index in [4.69, 9.17) is 19.9 Å². The molecule has 1 aromatic carbocycles. The van der Waals surface area contributed by atoms with Crippen molar-refractivity contribution in [3.63, 3.8) is 0 Å². The minimum atomic E-state index is -0.277. The van der Waals surface area contributed by atoms with E-state index in [9.17, 15) is 4.79 Å². The standard InChI is InChI=1S/C18H24N4O4/c1-24-14-7-11(8-15(25-2)17(14)26-3)16-12(9-20-21-16)10-22-6-4-5-13(22)18(19)23/h7-9,13H,4-6,10H2,1-3H3,(H2,19,23)(H,20,21)/t13-/m0/s1. The van der Waals surface area contributed by atoms with Gasteiger partial charge in [-0.25, -0.2) is 0 Å². The second kappa shape index (κ2) is 7.65. The molecule has 2 heterocycles. The molecule has 26 heavy (non-hydrogen) atoms. The van der Waals surface area contributed by atoms with Crippen LogP contribution in [-0.4, -0.2) is 54.9 Å². The number of carbonyl (C=O) groups excluding carboxylic acids is 1. The van der Waals surface area contributed by atoms with Crippen LogP contribution in [0.3, 0.4) is 0 Å². The molecule has 140 valence electrons. The van der Waals surface area contributed by atoms with Crippen molar-refractivity contribution in [3.8, 4) is 28.5 Å². The van der Waals surface area contributed by atoms with Gasteiger partial charge < -0.3 is 19.9 Å². The zero-order chi connectivity index (χ0) is 18.7. The van der Waals surface area contributed by atoms with Gasteiger partial charge >= 0.3 is 0 Å². The number of hydrogen-bond donors (Lipinski definition) is 2. The first-order valence-corrected chi connectivity index (χ1v) is 8.45. The van der Waals surface area contributed by atoms with E-state index in [2.05, 4.69) is 15.1 Å². The number of aromatic nitrogens is 2. The van der Waals surface area contributed by atoms with Crippen LogP contribution in [0.1, 0.15) is 18.4 Å². The number of aromatic amines is 1. The minimum absolute atomic E-state index is 0.224. The number of nitrogens with two attached hydrogens (primary N) is 1. The summed E-state index contributed by atoms with van der Waals surface area (Å²) < 4.78 is 16.2. The Bertz CT molecular complexity index is 764. The van der Waals surface area contributed by atoms with E-state index in [0.717, 1.165) is 36.2 Å². The molecular formula is C18H24N4O4. The lowest BCUT2D eigenvalue weighted by Gasteiger charge is -2.21. The van der Waals surface area contributed by atoms with Gasteiger partial charge in [-0.05, 0) is 31.5 Å². The lowest BCUT2D eigenvalue weighted by molar-refractivity contribution is -0.122. The number of methoxy groups -OCH3 is 3. The van der Waals surface area contributed by atoms with Crippen LogP contribution in [0, 0.1) is 0 Å². The summed E-state index contributed by atoms with van der Waals surface area (Å²) in [4.78, 5) is 13.7. The third-order valence-corrected chi connectivity index (χ3v) is 4.74. The fourth-order valence-electron chi connectivity index (χ4n) is 3.46. The largest absolute Gasteiger partial charge is 0.493 e. The number of nitrogens with one attached hydrogen (secondary N) is 1. The van der Waals surface area contributed by atoms with Gasteiger partial charge in [-0.15, -0.1) is 0 Å². The summed E-state index contributed by atoms with van der Waals surface area (Å²) in [6.07, 6.45) is 3.53. The molecule has 0 aliphatic carbocycles. The zero-order valence-electron chi connectivity index (χ0n) is 15.2. The van der Waals surface area contributed by atoms with Crippen molar-refractivity contribution in [1.29, 1.82) is 0 Å². The molecule has 0 bridgehead atoms. The molecule has 3 N–H and O–H groups in total. The number of primary amides is 1. The quantitative estimate of drug-likeness (QED) is 0.777. The Labute approximate surface area is 152 Å². The number of carbonyl (C=O) groups is 1. The van der Waals surface area contributed by atoms with E-state index in [0.29, 0.717) is 23.8 Å². The fourth-order valence-corrected chi connectivity index (χ4v) is 3.46. The van der Waals surface area contributed by atoms with Crippen molar-refractivity contribution < 1.29 is 19.0 Å². The van der Waals surface area contributed by atoms with Gasteiger partial charge in [-0.2, -0.15) is 5.10 Å². The van der Waals surface area contributed by atoms with E-state index in [1.54, 1.807) is 27.5 Å². The summed E-state index contributed by atoms with van der Waals surface area (Å²) in [6, 6.07) is 3.51. The van der Waals surface area contributed by atoms with Gasteiger partial charge in [0.05, 0.1) is 39.3 Å². The van der Waals surface area contributed by atoms with E-state index in [1.165, 1.54) is 0 Å². The maximum Gasteiger partial charge on any atom is 0.234 e. The summed E-state index contributed by atoms with van der Waals surface area (Å²) in [6.45, 7) is 1.43. The van der Waals surface area contributed by atoms with Crippen LogP contribution in [0.4, 0.5) is 0 Å². The SMILES string of the molecule is COc1cc(-c2[nH]ncc2CN2CCC[C@H]2C(N)=O)cc(OC)c1OC. The molecule has 1 saturated heterocycles. The van der Waals surface area contributed by atoms with Crippen LogP contribution >= 0.6 is 0 Å². The Morgan fingerprint density at radius 3 is 2.54 bits per heavy atom. The van der Waals surface area contributed by atoms with E-state index < -0.39 is 0 Å². The Balaban J connectivity index is 1.94. The minimum Gasteiger partial charge on any atom is -0.493 e. The van der Waals surface area contributed by atoms with Crippen molar-refractivity contribution in [2.75, 3.05) is 27.9 Å². The van der Waals surface area contributed by atoms with Gasteiger partial charge in [0.25, 0.3) is 0 Å². The van der Waals surface area contributed by atoms with Crippen molar-refractivity contribution in [1.82, 2.24) is 15.1 Å². The van der Waals surface area contributed by atoms with Gasteiger partial charge in [-0.3, -0.25) is 14.8 Å². The predicted molar refractivity (Wildman–Crippen MR) is 96.3 cm³/mol. The number of benzene rings is 1. The summed E-state index contributed by atoms with van der Waals surface area (Å²) in [5.41, 5.74) is 8.21.